The highest BCUT2D eigenvalue weighted by atomic mass is 16.5. The van der Waals surface area contributed by atoms with Crippen LogP contribution in [0.2, 0.25) is 0 Å². The summed E-state index contributed by atoms with van der Waals surface area (Å²) in [6.07, 6.45) is 8.02. The highest BCUT2D eigenvalue weighted by molar-refractivity contribution is 5.01. The number of hydrogen-bond donors (Lipinski definition) is 1. The molecule has 0 spiro atoms. The van der Waals surface area contributed by atoms with Gasteiger partial charge in [0, 0.05) is 12.4 Å². The van der Waals surface area contributed by atoms with Gasteiger partial charge in [0.2, 0.25) is 0 Å². The van der Waals surface area contributed by atoms with E-state index >= 15 is 0 Å². The number of aromatic nitrogens is 2. The molecule has 0 amide bonds. The lowest BCUT2D eigenvalue weighted by atomic mass is 9.83. The number of ether oxygens (including phenoxy) is 1. The van der Waals surface area contributed by atoms with E-state index in [4.69, 9.17) is 4.74 Å². The molecule has 2 rings (SSSR count). The van der Waals surface area contributed by atoms with E-state index in [9.17, 15) is 4.79 Å². The zero-order valence-corrected chi connectivity index (χ0v) is 8.03. The molecule has 0 radical (unpaired) electrons. The predicted molar refractivity (Wildman–Crippen MR) is 52.3 cm³/mol. The molecular formula is C10H14N2O2. The molecule has 0 bridgehead atoms. The summed E-state index contributed by atoms with van der Waals surface area (Å²) in [5, 5.41) is 0. The normalized spacial score (nSPS) is 16.3. The number of rotatable bonds is 4. The van der Waals surface area contributed by atoms with Crippen molar-refractivity contribution in [1.29, 1.82) is 0 Å². The molecule has 1 aromatic rings. The summed E-state index contributed by atoms with van der Waals surface area (Å²) < 4.78 is 5.29. The van der Waals surface area contributed by atoms with Gasteiger partial charge in [0.1, 0.15) is 0 Å². The van der Waals surface area contributed by atoms with Gasteiger partial charge >= 0.3 is 5.56 Å². The Bertz CT molecular complexity index is 344. The Hall–Kier alpha value is -1.32. The fraction of sp³-hybridized carbons (Fsp3) is 0.600. The van der Waals surface area contributed by atoms with E-state index in [1.54, 1.807) is 0 Å². The molecule has 76 valence electrons. The summed E-state index contributed by atoms with van der Waals surface area (Å²) in [7, 11) is 0. The molecule has 4 nitrogen and oxygen atoms in total. The Morgan fingerprint density at radius 3 is 3.07 bits per heavy atom. The van der Waals surface area contributed by atoms with Crippen molar-refractivity contribution in [2.45, 2.75) is 25.7 Å². The van der Waals surface area contributed by atoms with Crippen LogP contribution in [0, 0.1) is 5.92 Å². The molecule has 0 aromatic carbocycles. The van der Waals surface area contributed by atoms with Gasteiger partial charge in [-0.25, -0.2) is 4.98 Å². The maximum absolute atomic E-state index is 11.1. The van der Waals surface area contributed by atoms with Crippen LogP contribution < -0.4 is 10.3 Å². The van der Waals surface area contributed by atoms with Gasteiger partial charge in [0.25, 0.3) is 5.88 Å². The summed E-state index contributed by atoms with van der Waals surface area (Å²) in [6, 6.07) is 0. The SMILES string of the molecule is O=c1[nH]ccnc1OCCC1CCC1. The lowest BCUT2D eigenvalue weighted by Crippen LogP contribution is -2.17. The van der Waals surface area contributed by atoms with E-state index in [2.05, 4.69) is 9.97 Å². The summed E-state index contributed by atoms with van der Waals surface area (Å²) in [5.74, 6) is 0.990. The van der Waals surface area contributed by atoms with Gasteiger partial charge in [-0.1, -0.05) is 19.3 Å². The number of nitrogens with one attached hydrogen (secondary N) is 1. The molecule has 0 unspecified atom stereocenters. The van der Waals surface area contributed by atoms with Crippen LogP contribution in [0.15, 0.2) is 17.2 Å². The van der Waals surface area contributed by atoms with E-state index in [1.165, 1.54) is 31.7 Å². The molecule has 0 aliphatic heterocycles. The van der Waals surface area contributed by atoms with Crippen molar-refractivity contribution in [2.75, 3.05) is 6.61 Å². The minimum absolute atomic E-state index is 0.187. The Labute approximate surface area is 82.3 Å². The minimum Gasteiger partial charge on any atom is -0.474 e. The van der Waals surface area contributed by atoms with Gasteiger partial charge in [-0.3, -0.25) is 4.79 Å². The molecule has 1 aromatic heterocycles. The highest BCUT2D eigenvalue weighted by Crippen LogP contribution is 2.28. The van der Waals surface area contributed by atoms with Gasteiger partial charge in [0.05, 0.1) is 6.61 Å². The first-order valence-corrected chi connectivity index (χ1v) is 5.03. The largest absolute Gasteiger partial charge is 0.474 e. The smallest absolute Gasteiger partial charge is 0.310 e. The molecule has 1 fully saturated rings. The second-order valence-corrected chi connectivity index (χ2v) is 3.66. The zero-order chi connectivity index (χ0) is 9.80. The van der Waals surface area contributed by atoms with Crippen molar-refractivity contribution < 1.29 is 4.74 Å². The average molecular weight is 194 g/mol. The molecule has 1 aliphatic rings. The Morgan fingerprint density at radius 1 is 1.57 bits per heavy atom. The maximum atomic E-state index is 11.1. The summed E-state index contributed by atoms with van der Waals surface area (Å²) in [6.45, 7) is 0.602. The van der Waals surface area contributed by atoms with E-state index < -0.39 is 0 Å². The standard InChI is InChI=1S/C10H14N2O2/c13-9-10(12-6-5-11-9)14-7-4-8-2-1-3-8/h5-6,8H,1-4,7H2,(H,11,13). The van der Waals surface area contributed by atoms with E-state index in [0.717, 1.165) is 12.3 Å². The number of hydrogen-bond acceptors (Lipinski definition) is 3. The molecule has 1 aliphatic carbocycles. The first kappa shape index (κ1) is 9.24. The molecule has 1 saturated carbocycles. The predicted octanol–water partition coefficient (Wildman–Crippen LogP) is 1.34. The van der Waals surface area contributed by atoms with E-state index in [0.29, 0.717) is 6.61 Å². The zero-order valence-electron chi connectivity index (χ0n) is 8.03. The van der Waals surface area contributed by atoms with Crippen molar-refractivity contribution in [2.24, 2.45) is 5.92 Å². The van der Waals surface area contributed by atoms with Gasteiger partial charge in [-0.05, 0) is 12.3 Å². The summed E-state index contributed by atoms with van der Waals surface area (Å²) in [4.78, 5) is 17.5. The van der Waals surface area contributed by atoms with Crippen molar-refractivity contribution in [1.82, 2.24) is 9.97 Å². The Kier molecular flexibility index (Phi) is 2.81. The molecule has 0 atom stereocenters. The quantitative estimate of drug-likeness (QED) is 0.786. The van der Waals surface area contributed by atoms with Crippen LogP contribution in [0.3, 0.4) is 0 Å². The maximum Gasteiger partial charge on any atom is 0.310 e. The van der Waals surface area contributed by atoms with E-state index in [1.807, 2.05) is 0 Å². The average Bonchev–Trinajstić information content (AvgIpc) is 2.12. The van der Waals surface area contributed by atoms with Crippen molar-refractivity contribution in [3.05, 3.63) is 22.7 Å². The molecular weight excluding hydrogens is 180 g/mol. The highest BCUT2D eigenvalue weighted by Gasteiger charge is 2.17. The first-order chi connectivity index (χ1) is 6.86. The Morgan fingerprint density at radius 2 is 2.43 bits per heavy atom. The van der Waals surface area contributed by atoms with Crippen LogP contribution in [0.25, 0.3) is 0 Å². The van der Waals surface area contributed by atoms with Gasteiger partial charge in [-0.15, -0.1) is 0 Å². The first-order valence-electron chi connectivity index (χ1n) is 5.03. The third kappa shape index (κ3) is 2.13. The Balaban J connectivity index is 1.79. The van der Waals surface area contributed by atoms with Crippen molar-refractivity contribution in [3.63, 3.8) is 0 Å². The monoisotopic (exact) mass is 194 g/mol. The molecule has 1 heterocycles. The third-order valence-corrected chi connectivity index (χ3v) is 2.66. The van der Waals surface area contributed by atoms with Crippen LogP contribution in [0.1, 0.15) is 25.7 Å². The summed E-state index contributed by atoms with van der Waals surface area (Å²) in [5.41, 5.74) is -0.249. The lowest BCUT2D eigenvalue weighted by molar-refractivity contribution is 0.215. The molecule has 1 N–H and O–H groups in total. The third-order valence-electron chi connectivity index (χ3n) is 2.66. The number of H-pyrrole nitrogens is 1. The topological polar surface area (TPSA) is 55.0 Å². The van der Waals surface area contributed by atoms with Crippen LogP contribution in [-0.2, 0) is 0 Å². The van der Waals surface area contributed by atoms with Gasteiger partial charge in [-0.2, -0.15) is 0 Å². The van der Waals surface area contributed by atoms with Crippen LogP contribution in [-0.4, -0.2) is 16.6 Å². The molecule has 0 saturated heterocycles. The number of aromatic amines is 1. The fourth-order valence-corrected chi connectivity index (χ4v) is 1.54. The van der Waals surface area contributed by atoms with Crippen molar-refractivity contribution >= 4 is 0 Å². The van der Waals surface area contributed by atoms with Crippen LogP contribution in [0.4, 0.5) is 0 Å². The lowest BCUT2D eigenvalue weighted by Gasteiger charge is -2.24. The van der Waals surface area contributed by atoms with Gasteiger partial charge < -0.3 is 9.72 Å². The molecule has 4 heteroatoms. The van der Waals surface area contributed by atoms with Gasteiger partial charge in [0.15, 0.2) is 0 Å². The molecule has 14 heavy (non-hydrogen) atoms. The van der Waals surface area contributed by atoms with Crippen LogP contribution in [0.5, 0.6) is 5.88 Å². The summed E-state index contributed by atoms with van der Waals surface area (Å²) >= 11 is 0. The second-order valence-electron chi connectivity index (χ2n) is 3.66. The second kappa shape index (κ2) is 4.26. The minimum atomic E-state index is -0.249. The number of nitrogens with zero attached hydrogens (tertiary/aromatic N) is 1. The van der Waals surface area contributed by atoms with E-state index in [-0.39, 0.29) is 11.4 Å². The van der Waals surface area contributed by atoms with Crippen molar-refractivity contribution in [3.8, 4) is 5.88 Å². The fourth-order valence-electron chi connectivity index (χ4n) is 1.54. The van der Waals surface area contributed by atoms with Crippen LogP contribution >= 0.6 is 0 Å².